The second-order valence-corrected chi connectivity index (χ2v) is 10.1. The molecule has 1 atom stereocenters. The smallest absolute Gasteiger partial charge is 0.394 e. The molecule has 170 valence electrons. The van der Waals surface area contributed by atoms with E-state index in [9.17, 15) is 9.13 Å². The van der Waals surface area contributed by atoms with E-state index in [1.165, 1.54) is 64.2 Å². The Bertz CT molecular complexity index is 441. The summed E-state index contributed by atoms with van der Waals surface area (Å²) in [4.78, 5) is 17.5. The van der Waals surface area contributed by atoms with Crippen molar-refractivity contribution in [3.8, 4) is 0 Å². The van der Waals surface area contributed by atoms with Gasteiger partial charge in [0.2, 0.25) is 0 Å². The van der Waals surface area contributed by atoms with E-state index < -0.39 is 28.9 Å². The predicted octanol–water partition coefficient (Wildman–Crippen LogP) is 5.71. The molecule has 0 spiro atoms. The van der Waals surface area contributed by atoms with Crippen molar-refractivity contribution in [3.05, 3.63) is 0 Å². The quantitative estimate of drug-likeness (QED) is 0.151. The zero-order chi connectivity index (χ0) is 21.1. The van der Waals surface area contributed by atoms with E-state index in [0.29, 0.717) is 6.42 Å². The molecule has 0 aromatic rings. The molecule has 0 saturated heterocycles. The lowest BCUT2D eigenvalue weighted by atomic mass is 10.0. The number of hydrogen-bond donors (Lipinski definition) is 3. The molecule has 0 fully saturated rings. The summed E-state index contributed by atoms with van der Waals surface area (Å²) in [6, 6.07) is 0. The minimum absolute atomic E-state index is 0.0146. The number of hydrogen-bond acceptors (Lipinski definition) is 6. The second-order valence-electron chi connectivity index (χ2n) is 7.01. The van der Waals surface area contributed by atoms with E-state index in [2.05, 4.69) is 15.8 Å². The van der Waals surface area contributed by atoms with Gasteiger partial charge in [0.15, 0.2) is 0 Å². The highest BCUT2D eigenvalue weighted by Gasteiger charge is 2.35. The third-order valence-corrected chi connectivity index (χ3v) is 6.94. The van der Waals surface area contributed by atoms with Crippen LogP contribution >= 0.6 is 15.6 Å². The number of phosphoric acid groups is 2. The first-order valence-corrected chi connectivity index (χ1v) is 13.6. The van der Waals surface area contributed by atoms with Gasteiger partial charge in [-0.25, -0.2) is 9.13 Å². The SMILES string of the molecule is CCCCCCCCCCCCCCCCOP(=O)(OCCO)OP(=O)(O)O. The molecule has 0 aliphatic carbocycles. The predicted molar refractivity (Wildman–Crippen MR) is 110 cm³/mol. The van der Waals surface area contributed by atoms with Crippen LogP contribution in [-0.4, -0.2) is 34.7 Å². The summed E-state index contributed by atoms with van der Waals surface area (Å²) in [5.74, 6) is 0. The maximum Gasteiger partial charge on any atom is 0.483 e. The Balaban J connectivity index is 3.58. The molecule has 0 heterocycles. The highest BCUT2D eigenvalue weighted by atomic mass is 31.3. The molecule has 0 aromatic heterocycles. The summed E-state index contributed by atoms with van der Waals surface area (Å²) in [6.45, 7) is 1.40. The maximum absolute atomic E-state index is 12.1. The van der Waals surface area contributed by atoms with Crippen LogP contribution in [-0.2, 0) is 22.5 Å². The Kier molecular flexibility index (Phi) is 18.2. The molecule has 0 bridgehead atoms. The Morgan fingerprint density at radius 1 is 0.643 bits per heavy atom. The van der Waals surface area contributed by atoms with Crippen LogP contribution in [0, 0.1) is 0 Å². The average Bonchev–Trinajstić information content (AvgIpc) is 2.62. The van der Waals surface area contributed by atoms with Gasteiger partial charge in [0, 0.05) is 0 Å². The van der Waals surface area contributed by atoms with Crippen LogP contribution < -0.4 is 0 Å². The molecule has 1 unspecified atom stereocenters. The van der Waals surface area contributed by atoms with Crippen LogP contribution in [0.3, 0.4) is 0 Å². The van der Waals surface area contributed by atoms with E-state index in [1.54, 1.807) is 0 Å². The van der Waals surface area contributed by atoms with Crippen molar-refractivity contribution in [2.45, 2.75) is 96.8 Å². The van der Waals surface area contributed by atoms with Gasteiger partial charge >= 0.3 is 15.6 Å². The van der Waals surface area contributed by atoms with Crippen molar-refractivity contribution < 1.29 is 37.4 Å². The van der Waals surface area contributed by atoms with Gasteiger partial charge in [-0.15, -0.1) is 0 Å². The number of rotatable bonds is 21. The van der Waals surface area contributed by atoms with E-state index in [1.807, 2.05) is 0 Å². The lowest BCUT2D eigenvalue weighted by Crippen LogP contribution is -2.04. The lowest BCUT2D eigenvalue weighted by molar-refractivity contribution is 0.116. The van der Waals surface area contributed by atoms with Gasteiger partial charge in [0.1, 0.15) is 0 Å². The molecule has 10 heteroatoms. The first-order valence-electron chi connectivity index (χ1n) is 10.6. The van der Waals surface area contributed by atoms with Crippen LogP contribution in [0.4, 0.5) is 0 Å². The topological polar surface area (TPSA) is 123 Å². The Morgan fingerprint density at radius 3 is 1.43 bits per heavy atom. The first kappa shape index (κ1) is 28.2. The van der Waals surface area contributed by atoms with E-state index >= 15 is 0 Å². The van der Waals surface area contributed by atoms with E-state index in [0.717, 1.165) is 19.3 Å². The van der Waals surface area contributed by atoms with Crippen LogP contribution in [0.5, 0.6) is 0 Å². The zero-order valence-corrected chi connectivity index (χ0v) is 19.1. The number of aliphatic hydroxyl groups excluding tert-OH is 1. The summed E-state index contributed by atoms with van der Waals surface area (Å²) in [6.07, 6.45) is 16.8. The van der Waals surface area contributed by atoms with Gasteiger partial charge in [-0.05, 0) is 6.42 Å². The molecule has 28 heavy (non-hydrogen) atoms. The fourth-order valence-electron chi connectivity index (χ4n) is 2.84. The Hall–Kier alpha value is 0.220. The fourth-order valence-corrected chi connectivity index (χ4v) is 4.99. The van der Waals surface area contributed by atoms with Crippen molar-refractivity contribution in [2.24, 2.45) is 0 Å². The summed E-state index contributed by atoms with van der Waals surface area (Å²) in [7, 11) is -9.38. The fraction of sp³-hybridized carbons (Fsp3) is 1.00. The molecule has 0 aromatic carbocycles. The van der Waals surface area contributed by atoms with Gasteiger partial charge in [0.05, 0.1) is 19.8 Å². The third kappa shape index (κ3) is 19.5. The standard InChI is InChI=1S/C18H40O8P2/c1-2-3-4-5-6-7-8-9-10-11-12-13-14-15-17-24-28(23,25-18-16-19)26-27(20,21)22/h19H,2-18H2,1H3,(H2,20,21,22). The second kappa shape index (κ2) is 18.0. The van der Waals surface area contributed by atoms with Crippen LogP contribution in [0.2, 0.25) is 0 Å². The molecular weight excluding hydrogens is 406 g/mol. The minimum Gasteiger partial charge on any atom is -0.394 e. The van der Waals surface area contributed by atoms with E-state index in [-0.39, 0.29) is 6.61 Å². The van der Waals surface area contributed by atoms with Gasteiger partial charge in [-0.1, -0.05) is 90.4 Å². The Morgan fingerprint density at radius 2 is 1.04 bits per heavy atom. The molecule has 0 radical (unpaired) electrons. The maximum atomic E-state index is 12.1. The van der Waals surface area contributed by atoms with Gasteiger partial charge < -0.3 is 14.9 Å². The van der Waals surface area contributed by atoms with Crippen LogP contribution in [0.15, 0.2) is 0 Å². The zero-order valence-electron chi connectivity index (χ0n) is 17.3. The molecule has 0 amide bonds. The van der Waals surface area contributed by atoms with Gasteiger partial charge in [0.25, 0.3) is 0 Å². The van der Waals surface area contributed by atoms with Crippen molar-refractivity contribution in [1.29, 1.82) is 0 Å². The van der Waals surface area contributed by atoms with Crippen molar-refractivity contribution in [3.63, 3.8) is 0 Å². The summed E-state index contributed by atoms with van der Waals surface area (Å²) < 4.78 is 36.6. The molecule has 0 aliphatic rings. The first-order chi connectivity index (χ1) is 13.3. The van der Waals surface area contributed by atoms with E-state index in [4.69, 9.17) is 19.4 Å². The van der Waals surface area contributed by atoms with Crippen LogP contribution in [0.1, 0.15) is 96.8 Å². The lowest BCUT2D eigenvalue weighted by Gasteiger charge is -2.17. The van der Waals surface area contributed by atoms with Crippen molar-refractivity contribution in [1.82, 2.24) is 0 Å². The minimum atomic E-state index is -5.01. The molecule has 0 aliphatic heterocycles. The summed E-state index contributed by atoms with van der Waals surface area (Å²) >= 11 is 0. The highest BCUT2D eigenvalue weighted by Crippen LogP contribution is 2.61. The number of aliphatic hydroxyl groups is 1. The Labute approximate surface area is 170 Å². The normalized spacial score (nSPS) is 14.3. The summed E-state index contributed by atoms with van der Waals surface area (Å²) in [5.41, 5.74) is 0. The van der Waals surface area contributed by atoms with Gasteiger partial charge in [-0.3, -0.25) is 9.05 Å². The van der Waals surface area contributed by atoms with Gasteiger partial charge in [-0.2, -0.15) is 4.31 Å². The largest absolute Gasteiger partial charge is 0.483 e. The monoisotopic (exact) mass is 446 g/mol. The number of unbranched alkanes of at least 4 members (excludes halogenated alkanes) is 13. The summed E-state index contributed by atoms with van der Waals surface area (Å²) in [5, 5.41) is 8.68. The van der Waals surface area contributed by atoms with Crippen molar-refractivity contribution in [2.75, 3.05) is 19.8 Å². The average molecular weight is 446 g/mol. The molecule has 3 N–H and O–H groups in total. The van der Waals surface area contributed by atoms with Crippen molar-refractivity contribution >= 4 is 15.6 Å². The van der Waals surface area contributed by atoms with Crippen LogP contribution in [0.25, 0.3) is 0 Å². The highest BCUT2D eigenvalue weighted by molar-refractivity contribution is 7.61. The molecule has 0 rings (SSSR count). The number of phosphoric ester groups is 1. The third-order valence-electron chi connectivity index (χ3n) is 4.29. The molecule has 8 nitrogen and oxygen atoms in total. The molecular formula is C18H40O8P2. The molecule has 0 saturated carbocycles.